The fourth-order valence-corrected chi connectivity index (χ4v) is 4.26. The van der Waals surface area contributed by atoms with Gasteiger partial charge < -0.3 is 5.32 Å². The van der Waals surface area contributed by atoms with Gasteiger partial charge in [-0.1, -0.05) is 44.0 Å². The normalized spacial score (nSPS) is 12.6. The summed E-state index contributed by atoms with van der Waals surface area (Å²) in [4.78, 5) is 2.67. The first-order valence-electron chi connectivity index (χ1n) is 7.44. The standard InChI is InChI=1S/C17H21BrClNS/c1-3-6-14(20-11-4-2)16-10-9-15(21-16)12-7-5-8-13(19)17(12)18/h5,7-10,14,20H,3-4,6,11H2,1-2H3. The summed E-state index contributed by atoms with van der Waals surface area (Å²) < 4.78 is 0.980. The number of rotatable bonds is 7. The molecule has 21 heavy (non-hydrogen) atoms. The van der Waals surface area contributed by atoms with Crippen LogP contribution in [-0.4, -0.2) is 6.54 Å². The van der Waals surface area contributed by atoms with E-state index in [1.54, 1.807) is 0 Å². The minimum Gasteiger partial charge on any atom is -0.309 e. The van der Waals surface area contributed by atoms with Crippen molar-refractivity contribution in [1.29, 1.82) is 0 Å². The molecule has 1 N–H and O–H groups in total. The molecule has 1 unspecified atom stereocenters. The molecule has 1 aromatic carbocycles. The zero-order valence-corrected chi connectivity index (χ0v) is 15.6. The average Bonchev–Trinajstić information content (AvgIpc) is 2.96. The first kappa shape index (κ1) is 17.0. The maximum absolute atomic E-state index is 6.20. The first-order valence-corrected chi connectivity index (χ1v) is 9.43. The van der Waals surface area contributed by atoms with Gasteiger partial charge >= 0.3 is 0 Å². The lowest BCUT2D eigenvalue weighted by Gasteiger charge is -2.16. The third-order valence-corrected chi connectivity index (χ3v) is 6.04. The largest absolute Gasteiger partial charge is 0.309 e. The summed E-state index contributed by atoms with van der Waals surface area (Å²) in [5, 5.41) is 4.41. The summed E-state index contributed by atoms with van der Waals surface area (Å²) in [5.41, 5.74) is 1.17. The highest BCUT2D eigenvalue weighted by Gasteiger charge is 2.14. The number of hydrogen-bond donors (Lipinski definition) is 1. The van der Waals surface area contributed by atoms with Crippen LogP contribution >= 0.6 is 38.9 Å². The molecule has 1 heterocycles. The van der Waals surface area contributed by atoms with E-state index in [1.165, 1.54) is 28.2 Å². The van der Waals surface area contributed by atoms with Crippen LogP contribution in [0.25, 0.3) is 10.4 Å². The van der Waals surface area contributed by atoms with Crippen LogP contribution in [0.15, 0.2) is 34.8 Å². The predicted molar refractivity (Wildman–Crippen MR) is 98.4 cm³/mol. The van der Waals surface area contributed by atoms with Gasteiger partial charge in [-0.3, -0.25) is 0 Å². The Morgan fingerprint density at radius 3 is 2.71 bits per heavy atom. The van der Waals surface area contributed by atoms with Crippen LogP contribution < -0.4 is 5.32 Å². The number of halogens is 2. The summed E-state index contributed by atoms with van der Waals surface area (Å²) in [6, 6.07) is 10.9. The summed E-state index contributed by atoms with van der Waals surface area (Å²) in [6.45, 7) is 5.51. The van der Waals surface area contributed by atoms with Crippen molar-refractivity contribution in [2.75, 3.05) is 6.54 Å². The van der Waals surface area contributed by atoms with Crippen molar-refractivity contribution in [3.8, 4) is 10.4 Å². The molecule has 0 aliphatic rings. The van der Waals surface area contributed by atoms with Crippen LogP contribution in [0, 0.1) is 0 Å². The van der Waals surface area contributed by atoms with Gasteiger partial charge in [0.25, 0.3) is 0 Å². The topological polar surface area (TPSA) is 12.0 Å². The number of nitrogens with one attached hydrogen (secondary N) is 1. The summed E-state index contributed by atoms with van der Waals surface area (Å²) >= 11 is 11.6. The van der Waals surface area contributed by atoms with Crippen molar-refractivity contribution in [2.45, 2.75) is 39.2 Å². The zero-order chi connectivity index (χ0) is 15.2. The van der Waals surface area contributed by atoms with E-state index in [4.69, 9.17) is 11.6 Å². The number of benzene rings is 1. The maximum atomic E-state index is 6.20. The van der Waals surface area contributed by atoms with Crippen LogP contribution in [0.1, 0.15) is 44.0 Å². The second-order valence-electron chi connectivity index (χ2n) is 5.10. The lowest BCUT2D eigenvalue weighted by atomic mass is 10.1. The molecule has 0 aliphatic carbocycles. The van der Waals surface area contributed by atoms with E-state index in [0.29, 0.717) is 6.04 Å². The molecule has 0 fully saturated rings. The Kier molecular flexibility index (Phi) is 6.74. The number of thiophene rings is 1. The zero-order valence-electron chi connectivity index (χ0n) is 12.5. The van der Waals surface area contributed by atoms with E-state index >= 15 is 0 Å². The Hall–Kier alpha value is -0.350. The lowest BCUT2D eigenvalue weighted by Crippen LogP contribution is -2.21. The smallest absolute Gasteiger partial charge is 0.0554 e. The van der Waals surface area contributed by atoms with Gasteiger partial charge in [0.05, 0.1) is 5.02 Å². The van der Waals surface area contributed by atoms with Crippen molar-refractivity contribution in [2.24, 2.45) is 0 Å². The Morgan fingerprint density at radius 1 is 1.19 bits per heavy atom. The van der Waals surface area contributed by atoms with Crippen molar-refractivity contribution >= 4 is 38.9 Å². The van der Waals surface area contributed by atoms with Gasteiger partial charge in [0.15, 0.2) is 0 Å². The molecule has 0 amide bonds. The van der Waals surface area contributed by atoms with E-state index in [9.17, 15) is 0 Å². The van der Waals surface area contributed by atoms with E-state index in [0.717, 1.165) is 22.5 Å². The van der Waals surface area contributed by atoms with Gasteiger partial charge in [-0.15, -0.1) is 11.3 Å². The van der Waals surface area contributed by atoms with Gasteiger partial charge in [-0.25, -0.2) is 0 Å². The summed E-state index contributed by atoms with van der Waals surface area (Å²) in [6.07, 6.45) is 3.53. The van der Waals surface area contributed by atoms with Crippen LogP contribution in [0.5, 0.6) is 0 Å². The molecule has 1 atom stereocenters. The van der Waals surface area contributed by atoms with Gasteiger partial charge in [-0.05, 0) is 53.5 Å². The molecular formula is C17H21BrClNS. The molecule has 0 bridgehead atoms. The molecule has 0 aliphatic heterocycles. The van der Waals surface area contributed by atoms with Crippen molar-refractivity contribution in [1.82, 2.24) is 5.32 Å². The fourth-order valence-electron chi connectivity index (χ4n) is 2.33. The molecule has 0 spiro atoms. The number of hydrogen-bond acceptors (Lipinski definition) is 2. The molecule has 0 saturated carbocycles. The van der Waals surface area contributed by atoms with Gasteiger partial charge in [-0.2, -0.15) is 0 Å². The molecule has 2 rings (SSSR count). The Labute approximate surface area is 144 Å². The lowest BCUT2D eigenvalue weighted by molar-refractivity contribution is 0.501. The first-order chi connectivity index (χ1) is 10.2. The summed E-state index contributed by atoms with van der Waals surface area (Å²) in [5.74, 6) is 0. The third kappa shape index (κ3) is 4.32. The van der Waals surface area contributed by atoms with Crippen molar-refractivity contribution < 1.29 is 0 Å². The molecule has 0 radical (unpaired) electrons. The minimum atomic E-state index is 0.464. The highest BCUT2D eigenvalue weighted by molar-refractivity contribution is 9.10. The second-order valence-corrected chi connectivity index (χ2v) is 7.41. The average molecular weight is 387 g/mol. The molecule has 114 valence electrons. The van der Waals surface area contributed by atoms with Gasteiger partial charge in [0.1, 0.15) is 0 Å². The van der Waals surface area contributed by atoms with E-state index < -0.39 is 0 Å². The quantitative estimate of drug-likeness (QED) is 0.560. The molecule has 0 saturated heterocycles. The Bertz CT molecular complexity index is 582. The molecule has 1 nitrogen and oxygen atoms in total. The van der Waals surface area contributed by atoms with Crippen LogP contribution in [-0.2, 0) is 0 Å². The molecule has 2 aromatic rings. The van der Waals surface area contributed by atoms with E-state index in [2.05, 4.69) is 53.3 Å². The summed E-state index contributed by atoms with van der Waals surface area (Å²) in [7, 11) is 0. The Morgan fingerprint density at radius 2 is 2.00 bits per heavy atom. The van der Waals surface area contributed by atoms with Gasteiger partial charge in [0, 0.05) is 25.8 Å². The van der Waals surface area contributed by atoms with Crippen LogP contribution in [0.3, 0.4) is 0 Å². The SMILES string of the molecule is CCCNC(CCC)c1ccc(-c2cccc(Cl)c2Br)s1. The predicted octanol–water partition coefficient (Wildman–Crippen LogP) is 6.67. The van der Waals surface area contributed by atoms with Crippen molar-refractivity contribution in [3.05, 3.63) is 44.7 Å². The minimum absolute atomic E-state index is 0.464. The highest BCUT2D eigenvalue weighted by Crippen LogP contribution is 2.39. The highest BCUT2D eigenvalue weighted by atomic mass is 79.9. The molecule has 4 heteroatoms. The van der Waals surface area contributed by atoms with E-state index in [-0.39, 0.29) is 0 Å². The fraction of sp³-hybridized carbons (Fsp3) is 0.412. The Balaban J connectivity index is 2.25. The maximum Gasteiger partial charge on any atom is 0.0554 e. The van der Waals surface area contributed by atoms with Crippen molar-refractivity contribution in [3.63, 3.8) is 0 Å². The van der Waals surface area contributed by atoms with E-state index in [1.807, 2.05) is 23.5 Å². The molecule has 1 aromatic heterocycles. The van der Waals surface area contributed by atoms with Gasteiger partial charge in [0.2, 0.25) is 0 Å². The van der Waals surface area contributed by atoms with Crippen LogP contribution in [0.4, 0.5) is 0 Å². The second kappa shape index (κ2) is 8.33. The molecular weight excluding hydrogens is 366 g/mol. The monoisotopic (exact) mass is 385 g/mol. The van der Waals surface area contributed by atoms with Crippen LogP contribution in [0.2, 0.25) is 5.02 Å². The third-order valence-electron chi connectivity index (χ3n) is 3.41.